The van der Waals surface area contributed by atoms with E-state index in [1.54, 1.807) is 0 Å². The quantitative estimate of drug-likeness (QED) is 0.159. The van der Waals surface area contributed by atoms with Crippen molar-refractivity contribution in [2.45, 2.75) is 12.0 Å². The number of rotatable bonds is 6. The molecule has 0 saturated heterocycles. The van der Waals surface area contributed by atoms with Gasteiger partial charge in [-0.1, -0.05) is 176 Å². The van der Waals surface area contributed by atoms with Gasteiger partial charge < -0.3 is 4.90 Å². The molecule has 9 aromatic rings. The fourth-order valence-electron chi connectivity index (χ4n) is 8.64. The Morgan fingerprint density at radius 3 is 1.55 bits per heavy atom. The van der Waals surface area contributed by atoms with Crippen molar-refractivity contribution in [3.8, 4) is 11.1 Å². The molecule has 0 aliphatic heterocycles. The van der Waals surface area contributed by atoms with Crippen LogP contribution in [0.25, 0.3) is 59.8 Å². The van der Waals surface area contributed by atoms with Crippen molar-refractivity contribution in [1.29, 1.82) is 0 Å². The van der Waals surface area contributed by atoms with Gasteiger partial charge >= 0.3 is 0 Å². The Morgan fingerprint density at radius 1 is 0.396 bits per heavy atom. The number of allylic oxidation sites excluding steroid dienone is 2. The van der Waals surface area contributed by atoms with E-state index in [0.29, 0.717) is 0 Å². The number of nitrogens with zero attached hydrogens (tertiary/aromatic N) is 1. The van der Waals surface area contributed by atoms with Crippen LogP contribution in [0.5, 0.6) is 0 Å². The van der Waals surface area contributed by atoms with E-state index >= 15 is 0 Å². The van der Waals surface area contributed by atoms with Crippen molar-refractivity contribution >= 4 is 60.0 Å². The maximum Gasteiger partial charge on any atom is 0.0930 e. The summed E-state index contributed by atoms with van der Waals surface area (Å²) in [4.78, 5) is 2.57. The largest absolute Gasteiger partial charge is 0.327 e. The molecule has 0 amide bonds. The molecule has 0 N–H and O–H groups in total. The summed E-state index contributed by atoms with van der Waals surface area (Å²) in [6.45, 7) is 0. The summed E-state index contributed by atoms with van der Waals surface area (Å²) in [5.74, 6) is 0. The highest BCUT2D eigenvalue weighted by molar-refractivity contribution is 6.14. The average molecular weight is 676 g/mol. The van der Waals surface area contributed by atoms with Gasteiger partial charge in [0, 0.05) is 11.4 Å². The molecule has 1 atom stereocenters. The molecule has 53 heavy (non-hydrogen) atoms. The maximum atomic E-state index is 2.57. The predicted octanol–water partition coefficient (Wildman–Crippen LogP) is 14.0. The van der Waals surface area contributed by atoms with Crippen molar-refractivity contribution in [3.05, 3.63) is 223 Å². The van der Waals surface area contributed by atoms with Crippen LogP contribution in [0.1, 0.15) is 17.5 Å². The molecule has 0 spiro atoms. The molecule has 10 rings (SSSR count). The van der Waals surface area contributed by atoms with Gasteiger partial charge in [0.15, 0.2) is 0 Å². The zero-order chi connectivity index (χ0) is 35.2. The molecule has 1 aliphatic carbocycles. The van der Waals surface area contributed by atoms with Gasteiger partial charge in [-0.3, -0.25) is 0 Å². The third-order valence-electron chi connectivity index (χ3n) is 11.1. The van der Waals surface area contributed by atoms with Crippen LogP contribution in [0.15, 0.2) is 212 Å². The number of benzene rings is 9. The van der Waals surface area contributed by atoms with Crippen LogP contribution >= 0.6 is 0 Å². The zero-order valence-electron chi connectivity index (χ0n) is 29.4. The first-order valence-corrected chi connectivity index (χ1v) is 18.5. The lowest BCUT2D eigenvalue weighted by Crippen LogP contribution is -2.43. The Bertz CT molecular complexity index is 2850. The summed E-state index contributed by atoms with van der Waals surface area (Å²) in [7, 11) is 0. The monoisotopic (exact) mass is 675 g/mol. The standard InChI is InChI=1S/C52H37N/c1-3-15-37(16-4-1)38-31-33-52(34-32-38,51-36-41-18-8-10-22-45(41)47-24-13-14-26-49(47)51)53(42-19-5-2-6-20-42)43-29-27-39(28-30-43)50-35-40-17-7-9-21-44(40)46-23-11-12-25-48(46)50/h1-33,35-36H,34H2. The minimum Gasteiger partial charge on any atom is -0.327 e. The molecular weight excluding hydrogens is 639 g/mol. The van der Waals surface area contributed by atoms with Crippen molar-refractivity contribution < 1.29 is 0 Å². The summed E-state index contributed by atoms with van der Waals surface area (Å²) in [5, 5.41) is 10.2. The van der Waals surface area contributed by atoms with Crippen LogP contribution in [0, 0.1) is 0 Å². The van der Waals surface area contributed by atoms with E-state index in [1.165, 1.54) is 70.9 Å². The van der Waals surface area contributed by atoms with Crippen molar-refractivity contribution in [1.82, 2.24) is 0 Å². The Kier molecular flexibility index (Phi) is 7.51. The van der Waals surface area contributed by atoms with Gasteiger partial charge in [-0.25, -0.2) is 0 Å². The number of hydrogen-bond acceptors (Lipinski definition) is 1. The van der Waals surface area contributed by atoms with E-state index in [4.69, 9.17) is 0 Å². The van der Waals surface area contributed by atoms with Gasteiger partial charge in [0.1, 0.15) is 0 Å². The minimum absolute atomic E-state index is 0.527. The number of para-hydroxylation sites is 1. The van der Waals surface area contributed by atoms with Crippen LogP contribution in [-0.2, 0) is 5.54 Å². The van der Waals surface area contributed by atoms with E-state index in [2.05, 4.69) is 217 Å². The molecule has 9 aromatic carbocycles. The van der Waals surface area contributed by atoms with Gasteiger partial charge in [0.2, 0.25) is 0 Å². The van der Waals surface area contributed by atoms with Crippen LogP contribution in [0.4, 0.5) is 11.4 Å². The van der Waals surface area contributed by atoms with E-state index < -0.39 is 5.54 Å². The molecule has 1 nitrogen and oxygen atoms in total. The summed E-state index contributed by atoms with van der Waals surface area (Å²) >= 11 is 0. The molecule has 1 aliphatic rings. The maximum absolute atomic E-state index is 2.57. The van der Waals surface area contributed by atoms with Crippen molar-refractivity contribution in [2.75, 3.05) is 4.90 Å². The zero-order valence-corrected chi connectivity index (χ0v) is 29.4. The normalized spacial score (nSPS) is 15.6. The van der Waals surface area contributed by atoms with Crippen LogP contribution < -0.4 is 4.90 Å². The molecule has 0 fully saturated rings. The highest BCUT2D eigenvalue weighted by Crippen LogP contribution is 2.49. The molecular formula is C52H37N. The third-order valence-corrected chi connectivity index (χ3v) is 11.1. The van der Waals surface area contributed by atoms with E-state index in [1.807, 2.05) is 0 Å². The smallest absolute Gasteiger partial charge is 0.0930 e. The highest BCUT2D eigenvalue weighted by atomic mass is 15.2. The van der Waals surface area contributed by atoms with Gasteiger partial charge in [-0.15, -0.1) is 0 Å². The molecule has 1 heteroatoms. The molecule has 0 bridgehead atoms. The molecule has 1 unspecified atom stereocenters. The highest BCUT2D eigenvalue weighted by Gasteiger charge is 2.40. The lowest BCUT2D eigenvalue weighted by Gasteiger charge is -2.46. The Labute approximate surface area is 310 Å². The number of hydrogen-bond donors (Lipinski definition) is 0. The second-order valence-electron chi connectivity index (χ2n) is 14.1. The third kappa shape index (κ3) is 5.24. The summed E-state index contributed by atoms with van der Waals surface area (Å²) < 4.78 is 0. The molecule has 0 radical (unpaired) electrons. The molecule has 0 heterocycles. The average Bonchev–Trinajstić information content (AvgIpc) is 3.24. The summed E-state index contributed by atoms with van der Waals surface area (Å²) in [6.07, 6.45) is 8.03. The van der Waals surface area contributed by atoms with E-state index in [-0.39, 0.29) is 0 Å². The SMILES string of the molecule is C1=CC(c2cc3ccccc3c3ccccc23)(N(c2ccccc2)c2ccc(-c3cc4ccccc4c4ccccc34)cc2)CC=C1c1ccccc1. The number of anilines is 2. The lowest BCUT2D eigenvalue weighted by atomic mass is 9.76. The minimum atomic E-state index is -0.527. The first-order valence-electron chi connectivity index (χ1n) is 18.5. The Morgan fingerprint density at radius 2 is 0.906 bits per heavy atom. The number of fused-ring (bicyclic) bond motifs is 6. The first kappa shape index (κ1) is 31.1. The Balaban J connectivity index is 1.20. The van der Waals surface area contributed by atoms with Crippen LogP contribution in [0.2, 0.25) is 0 Å². The van der Waals surface area contributed by atoms with Gasteiger partial charge in [-0.05, 0) is 114 Å². The van der Waals surface area contributed by atoms with Crippen LogP contribution in [-0.4, -0.2) is 0 Å². The topological polar surface area (TPSA) is 3.24 Å². The predicted molar refractivity (Wildman–Crippen MR) is 227 cm³/mol. The first-order chi connectivity index (χ1) is 26.3. The fourth-order valence-corrected chi connectivity index (χ4v) is 8.64. The summed E-state index contributed by atoms with van der Waals surface area (Å²) in [5.41, 5.74) is 8.00. The van der Waals surface area contributed by atoms with Gasteiger partial charge in [0.05, 0.1) is 5.54 Å². The fraction of sp³-hybridized carbons (Fsp3) is 0.0385. The second kappa shape index (κ2) is 12.8. The molecule has 0 saturated carbocycles. The molecule has 0 aromatic heterocycles. The second-order valence-corrected chi connectivity index (χ2v) is 14.1. The van der Waals surface area contributed by atoms with Gasteiger partial charge in [-0.2, -0.15) is 0 Å². The van der Waals surface area contributed by atoms with Crippen molar-refractivity contribution in [2.24, 2.45) is 0 Å². The van der Waals surface area contributed by atoms with Gasteiger partial charge in [0.25, 0.3) is 0 Å². The van der Waals surface area contributed by atoms with E-state index in [0.717, 1.165) is 17.8 Å². The lowest BCUT2D eigenvalue weighted by molar-refractivity contribution is 0.553. The Hall–Kier alpha value is -6.70. The van der Waals surface area contributed by atoms with Crippen LogP contribution in [0.3, 0.4) is 0 Å². The van der Waals surface area contributed by atoms with Crippen molar-refractivity contribution in [3.63, 3.8) is 0 Å². The summed E-state index contributed by atoms with van der Waals surface area (Å²) in [6, 6.07) is 71.0. The van der Waals surface area contributed by atoms with E-state index in [9.17, 15) is 0 Å². The molecule has 250 valence electrons.